The van der Waals surface area contributed by atoms with Crippen molar-refractivity contribution in [3.8, 4) is 0 Å². The Kier molecular flexibility index (Phi) is 7.61. The zero-order valence-electron chi connectivity index (χ0n) is 18.4. The molecule has 0 radical (unpaired) electrons. The van der Waals surface area contributed by atoms with Crippen molar-refractivity contribution in [3.63, 3.8) is 0 Å². The lowest BCUT2D eigenvalue weighted by molar-refractivity contribution is -0.132. The highest BCUT2D eigenvalue weighted by atomic mass is 32.2. The lowest BCUT2D eigenvalue weighted by atomic mass is 10.1. The second kappa shape index (κ2) is 10.8. The van der Waals surface area contributed by atoms with Crippen LogP contribution in [0.3, 0.4) is 0 Å². The number of amides is 2. The first-order valence-corrected chi connectivity index (χ1v) is 12.7. The van der Waals surface area contributed by atoms with Crippen molar-refractivity contribution in [2.75, 3.05) is 31.9 Å². The molecule has 0 spiro atoms. The molecule has 1 saturated heterocycles. The van der Waals surface area contributed by atoms with Crippen LogP contribution < -0.4 is 0 Å². The molecule has 4 rings (SSSR count). The van der Waals surface area contributed by atoms with Crippen LogP contribution in [0.2, 0.25) is 0 Å². The molecule has 0 atom stereocenters. The molecule has 0 saturated carbocycles. The van der Waals surface area contributed by atoms with Gasteiger partial charge in [-0.15, -0.1) is 11.3 Å². The van der Waals surface area contributed by atoms with Crippen molar-refractivity contribution >= 4 is 40.7 Å². The highest BCUT2D eigenvalue weighted by Crippen LogP contribution is 2.24. The maximum Gasteiger partial charge on any atom is 0.289 e. The Morgan fingerprint density at radius 2 is 1.79 bits per heavy atom. The van der Waals surface area contributed by atoms with E-state index in [9.17, 15) is 14.4 Å². The van der Waals surface area contributed by atoms with E-state index in [1.54, 1.807) is 21.9 Å². The molecule has 0 N–H and O–H groups in total. The smallest absolute Gasteiger partial charge is 0.289 e. The van der Waals surface area contributed by atoms with Gasteiger partial charge in [-0.3, -0.25) is 14.4 Å². The zero-order chi connectivity index (χ0) is 23.2. The van der Waals surface area contributed by atoms with Crippen LogP contribution in [0.5, 0.6) is 0 Å². The van der Waals surface area contributed by atoms with E-state index in [4.69, 9.17) is 4.42 Å². The lowest BCUT2D eigenvalue weighted by Crippen LogP contribution is -2.50. The third kappa shape index (κ3) is 5.91. The molecule has 1 aliphatic rings. The quantitative estimate of drug-likeness (QED) is 0.358. The Morgan fingerprint density at radius 3 is 2.45 bits per heavy atom. The van der Waals surface area contributed by atoms with Crippen LogP contribution in [0.25, 0.3) is 0 Å². The summed E-state index contributed by atoms with van der Waals surface area (Å²) in [6.07, 6.45) is 2.64. The van der Waals surface area contributed by atoms with E-state index in [-0.39, 0.29) is 24.0 Å². The number of hydrogen-bond acceptors (Lipinski definition) is 7. The minimum Gasteiger partial charge on any atom is -0.459 e. The number of thioether (sulfide) groups is 1. The first-order chi connectivity index (χ1) is 16.0. The Bertz CT molecular complexity index is 1100. The average molecular weight is 484 g/mol. The maximum absolute atomic E-state index is 12.7. The molecule has 3 aromatic rings. The van der Waals surface area contributed by atoms with E-state index in [0.29, 0.717) is 48.9 Å². The Labute approximate surface area is 200 Å². The van der Waals surface area contributed by atoms with Gasteiger partial charge < -0.3 is 14.2 Å². The van der Waals surface area contributed by atoms with E-state index in [2.05, 4.69) is 11.9 Å². The Morgan fingerprint density at radius 1 is 1.06 bits per heavy atom. The van der Waals surface area contributed by atoms with Gasteiger partial charge in [0.2, 0.25) is 5.91 Å². The highest BCUT2D eigenvalue weighted by molar-refractivity contribution is 8.01. The van der Waals surface area contributed by atoms with Crippen LogP contribution in [0.15, 0.2) is 56.8 Å². The summed E-state index contributed by atoms with van der Waals surface area (Å²) in [5.41, 5.74) is 2.62. The fourth-order valence-electron chi connectivity index (χ4n) is 3.55. The number of benzene rings is 1. The van der Waals surface area contributed by atoms with Gasteiger partial charge >= 0.3 is 0 Å². The van der Waals surface area contributed by atoms with Crippen molar-refractivity contribution in [3.05, 3.63) is 70.6 Å². The summed E-state index contributed by atoms with van der Waals surface area (Å²) in [4.78, 5) is 45.5. The van der Waals surface area contributed by atoms with Crippen molar-refractivity contribution in [1.29, 1.82) is 0 Å². The molecule has 1 aromatic carbocycles. The highest BCUT2D eigenvalue weighted by Gasteiger charge is 2.26. The van der Waals surface area contributed by atoms with Gasteiger partial charge in [0.1, 0.15) is 0 Å². The number of hydrogen-bond donors (Lipinski definition) is 0. The second-order valence-corrected chi connectivity index (χ2v) is 9.77. The molecule has 33 heavy (non-hydrogen) atoms. The minimum absolute atomic E-state index is 0.00552. The van der Waals surface area contributed by atoms with Crippen LogP contribution in [0.4, 0.5) is 0 Å². The monoisotopic (exact) mass is 483 g/mol. The SMILES string of the molecule is CCc1ccc(C(=O)CSc2nc(CC(=O)N3CCN(C(=O)c4ccco4)CC3)cs2)cc1. The number of piperazine rings is 1. The number of Topliss-reactive ketones (excluding diaryl/α,β-unsaturated/α-hetero) is 1. The molecule has 3 heterocycles. The summed E-state index contributed by atoms with van der Waals surface area (Å²) in [5, 5.41) is 1.87. The second-order valence-electron chi connectivity index (χ2n) is 7.69. The molecule has 7 nitrogen and oxygen atoms in total. The van der Waals surface area contributed by atoms with Gasteiger partial charge in [-0.05, 0) is 24.1 Å². The third-order valence-corrected chi connectivity index (χ3v) is 7.60. The van der Waals surface area contributed by atoms with E-state index < -0.39 is 0 Å². The van der Waals surface area contributed by atoms with Crippen LogP contribution in [0, 0.1) is 0 Å². The predicted molar refractivity (Wildman–Crippen MR) is 128 cm³/mol. The van der Waals surface area contributed by atoms with Gasteiger partial charge in [0.15, 0.2) is 15.9 Å². The topological polar surface area (TPSA) is 83.7 Å². The van der Waals surface area contributed by atoms with Gasteiger partial charge in [0.25, 0.3) is 5.91 Å². The molecule has 0 aliphatic carbocycles. The number of ketones is 1. The van der Waals surface area contributed by atoms with Gasteiger partial charge in [-0.2, -0.15) is 0 Å². The van der Waals surface area contributed by atoms with Crippen molar-refractivity contribution in [1.82, 2.24) is 14.8 Å². The molecule has 172 valence electrons. The summed E-state index contributed by atoms with van der Waals surface area (Å²) in [6, 6.07) is 11.0. The van der Waals surface area contributed by atoms with Gasteiger partial charge in [-0.1, -0.05) is 43.0 Å². The zero-order valence-corrected chi connectivity index (χ0v) is 20.0. The van der Waals surface area contributed by atoms with E-state index >= 15 is 0 Å². The Hall–Kier alpha value is -2.91. The van der Waals surface area contributed by atoms with Crippen LogP contribution in [-0.4, -0.2) is 64.3 Å². The Balaban J connectivity index is 1.23. The van der Waals surface area contributed by atoms with Crippen molar-refractivity contribution < 1.29 is 18.8 Å². The largest absolute Gasteiger partial charge is 0.459 e. The number of furan rings is 1. The number of rotatable bonds is 8. The van der Waals surface area contributed by atoms with E-state index in [0.717, 1.165) is 10.8 Å². The summed E-state index contributed by atoms with van der Waals surface area (Å²) in [7, 11) is 0. The number of aromatic nitrogens is 1. The number of aryl methyl sites for hydroxylation is 1. The van der Waals surface area contributed by atoms with Gasteiger partial charge in [0.05, 0.1) is 24.1 Å². The average Bonchev–Trinajstić information content (AvgIpc) is 3.55. The van der Waals surface area contributed by atoms with Crippen LogP contribution in [-0.2, 0) is 17.6 Å². The number of carbonyl (C=O) groups is 3. The fourth-order valence-corrected chi connectivity index (χ4v) is 5.29. The predicted octanol–water partition coefficient (Wildman–Crippen LogP) is 3.80. The number of carbonyl (C=O) groups excluding carboxylic acids is 3. The van der Waals surface area contributed by atoms with Crippen LogP contribution >= 0.6 is 23.1 Å². The van der Waals surface area contributed by atoms with Crippen molar-refractivity contribution in [2.45, 2.75) is 24.1 Å². The molecule has 0 unspecified atom stereocenters. The van der Waals surface area contributed by atoms with Gasteiger partial charge in [0, 0.05) is 37.1 Å². The minimum atomic E-state index is -0.149. The van der Waals surface area contributed by atoms with Crippen LogP contribution in [0.1, 0.15) is 39.1 Å². The molecular weight excluding hydrogens is 458 g/mol. The summed E-state index contributed by atoms with van der Waals surface area (Å²) in [5.74, 6) is 0.548. The fraction of sp³-hybridized carbons (Fsp3) is 0.333. The molecule has 1 fully saturated rings. The molecule has 1 aliphatic heterocycles. The third-order valence-electron chi connectivity index (χ3n) is 5.53. The molecule has 9 heteroatoms. The first kappa shape index (κ1) is 23.3. The molecule has 0 bridgehead atoms. The normalized spacial score (nSPS) is 13.8. The first-order valence-electron chi connectivity index (χ1n) is 10.8. The molecular formula is C24H25N3O4S2. The number of thiazole rings is 1. The summed E-state index contributed by atoms with van der Waals surface area (Å²) >= 11 is 2.85. The molecule has 2 aromatic heterocycles. The van der Waals surface area contributed by atoms with E-state index in [1.165, 1.54) is 34.9 Å². The van der Waals surface area contributed by atoms with E-state index in [1.807, 2.05) is 29.6 Å². The number of nitrogens with zero attached hydrogens (tertiary/aromatic N) is 3. The summed E-state index contributed by atoms with van der Waals surface area (Å²) in [6.45, 7) is 4.02. The van der Waals surface area contributed by atoms with Gasteiger partial charge in [-0.25, -0.2) is 4.98 Å². The maximum atomic E-state index is 12.7. The lowest BCUT2D eigenvalue weighted by Gasteiger charge is -2.34. The molecule has 2 amide bonds. The summed E-state index contributed by atoms with van der Waals surface area (Å²) < 4.78 is 5.95. The standard InChI is InChI=1S/C24H25N3O4S2/c1-2-17-5-7-18(8-6-17)20(28)16-33-24-25-19(15-32-24)14-22(29)26-9-11-27(12-10-26)23(30)21-4-3-13-31-21/h3-8,13,15H,2,9-12,14,16H2,1H3. The van der Waals surface area contributed by atoms with Crippen molar-refractivity contribution in [2.24, 2.45) is 0 Å².